The summed E-state index contributed by atoms with van der Waals surface area (Å²) in [7, 11) is 0. The molecule has 8 nitrogen and oxygen atoms in total. The zero-order valence-electron chi connectivity index (χ0n) is 19.6. The summed E-state index contributed by atoms with van der Waals surface area (Å²) >= 11 is 0. The van der Waals surface area contributed by atoms with E-state index in [0.717, 1.165) is 5.56 Å². The molecule has 3 heterocycles. The number of ketones is 2. The molecule has 1 aromatic carbocycles. The lowest BCUT2D eigenvalue weighted by atomic mass is 9.86. The number of hydrogen-bond acceptors (Lipinski definition) is 7. The molecule has 1 unspecified atom stereocenters. The first-order valence-electron chi connectivity index (χ1n) is 11.2. The molecule has 174 valence electrons. The van der Waals surface area contributed by atoms with E-state index in [2.05, 4.69) is 29.0 Å². The van der Waals surface area contributed by atoms with Gasteiger partial charge in [0.2, 0.25) is 11.7 Å². The summed E-state index contributed by atoms with van der Waals surface area (Å²) in [5.74, 6) is -2.31. The van der Waals surface area contributed by atoms with Gasteiger partial charge in [0.1, 0.15) is 5.92 Å². The van der Waals surface area contributed by atoms with Crippen LogP contribution >= 0.6 is 0 Å². The van der Waals surface area contributed by atoms with Crippen molar-refractivity contribution in [3.05, 3.63) is 77.1 Å². The lowest BCUT2D eigenvalue weighted by Gasteiger charge is -2.26. The van der Waals surface area contributed by atoms with E-state index in [1.165, 1.54) is 11.1 Å². The van der Waals surface area contributed by atoms with Crippen LogP contribution in [0.5, 0.6) is 5.88 Å². The van der Waals surface area contributed by atoms with E-state index in [1.807, 2.05) is 19.1 Å². The third-order valence-corrected chi connectivity index (χ3v) is 5.87. The molecular formula is C26H26N4O4. The Kier molecular flexibility index (Phi) is 6.49. The molecule has 4 rings (SSSR count). The molecule has 1 aliphatic heterocycles. The van der Waals surface area contributed by atoms with Crippen LogP contribution in [-0.4, -0.2) is 39.3 Å². The summed E-state index contributed by atoms with van der Waals surface area (Å²) in [5.41, 5.74) is 2.64. The highest BCUT2D eigenvalue weighted by atomic mass is 16.5. The highest BCUT2D eigenvalue weighted by molar-refractivity contribution is 6.48. The Balaban J connectivity index is 1.79. The fourth-order valence-corrected chi connectivity index (χ4v) is 4.05. The van der Waals surface area contributed by atoms with E-state index in [4.69, 9.17) is 4.74 Å². The maximum Gasteiger partial charge on any atom is 0.297 e. The third-order valence-electron chi connectivity index (χ3n) is 5.87. The monoisotopic (exact) mass is 458 g/mol. The Morgan fingerprint density at radius 2 is 1.76 bits per heavy atom. The predicted molar refractivity (Wildman–Crippen MR) is 126 cm³/mol. The topological polar surface area (TPSA) is 102 Å². The van der Waals surface area contributed by atoms with Gasteiger partial charge in [0.05, 0.1) is 18.3 Å². The van der Waals surface area contributed by atoms with Crippen LogP contribution in [0.25, 0.3) is 0 Å². The summed E-state index contributed by atoms with van der Waals surface area (Å²) in [6, 6.07) is 12.9. The van der Waals surface area contributed by atoms with Crippen LogP contribution in [0.15, 0.2) is 54.7 Å². The smallest absolute Gasteiger partial charge is 0.297 e. The zero-order valence-corrected chi connectivity index (χ0v) is 19.6. The number of ether oxygens (including phenoxy) is 1. The lowest BCUT2D eigenvalue weighted by Crippen LogP contribution is -2.31. The van der Waals surface area contributed by atoms with Crippen molar-refractivity contribution in [2.24, 2.45) is 5.92 Å². The maximum atomic E-state index is 13.6. The van der Waals surface area contributed by atoms with Crippen molar-refractivity contribution in [2.75, 3.05) is 11.5 Å². The molecule has 2 atom stereocenters. The number of pyridine rings is 1. The van der Waals surface area contributed by atoms with Crippen LogP contribution in [0, 0.1) is 12.8 Å². The zero-order chi connectivity index (χ0) is 24.4. The standard InChI is InChI=1S/C26H26N4O4/c1-5-34-21-13-11-19(14-27-21)23-22(24(31)18-9-7-17(8-10-18)15(2)3)25(32)26(33)30(23)20-12-6-16(4)28-29-20/h6-15,22-23H,5H2,1-4H3/t22?,23-/m1/s1. The number of rotatable bonds is 7. The van der Waals surface area contributed by atoms with Gasteiger partial charge in [-0.3, -0.25) is 19.3 Å². The third kappa shape index (κ3) is 4.31. The van der Waals surface area contributed by atoms with Crippen LogP contribution in [0.3, 0.4) is 0 Å². The number of benzene rings is 1. The largest absolute Gasteiger partial charge is 0.478 e. The van der Waals surface area contributed by atoms with Gasteiger partial charge in [-0.15, -0.1) is 5.10 Å². The van der Waals surface area contributed by atoms with E-state index < -0.39 is 29.4 Å². The van der Waals surface area contributed by atoms with Crippen molar-refractivity contribution < 1.29 is 19.1 Å². The van der Waals surface area contributed by atoms with Crippen LogP contribution in [-0.2, 0) is 9.59 Å². The first kappa shape index (κ1) is 23.2. The highest BCUT2D eigenvalue weighted by Gasteiger charge is 2.53. The van der Waals surface area contributed by atoms with E-state index in [0.29, 0.717) is 35.2 Å². The van der Waals surface area contributed by atoms with Crippen LogP contribution in [0.2, 0.25) is 0 Å². The van der Waals surface area contributed by atoms with Crippen molar-refractivity contribution in [1.82, 2.24) is 15.2 Å². The summed E-state index contributed by atoms with van der Waals surface area (Å²) in [6.45, 7) is 8.19. The van der Waals surface area contributed by atoms with Crippen LogP contribution < -0.4 is 9.64 Å². The van der Waals surface area contributed by atoms with E-state index in [-0.39, 0.29) is 5.82 Å². The fourth-order valence-electron chi connectivity index (χ4n) is 4.05. The Morgan fingerprint density at radius 1 is 1.03 bits per heavy atom. The van der Waals surface area contributed by atoms with Crippen molar-refractivity contribution in [1.29, 1.82) is 0 Å². The number of hydrogen-bond donors (Lipinski definition) is 0. The van der Waals surface area contributed by atoms with Crippen molar-refractivity contribution in [3.8, 4) is 5.88 Å². The van der Waals surface area contributed by atoms with Gasteiger partial charge in [0.25, 0.3) is 5.91 Å². The van der Waals surface area contributed by atoms with Gasteiger partial charge in [0.15, 0.2) is 11.6 Å². The molecule has 1 saturated heterocycles. The average molecular weight is 459 g/mol. The number of aryl methyl sites for hydroxylation is 1. The van der Waals surface area contributed by atoms with E-state index in [1.54, 1.807) is 43.3 Å². The first-order chi connectivity index (χ1) is 16.3. The predicted octanol–water partition coefficient (Wildman–Crippen LogP) is 3.86. The number of anilines is 1. The SMILES string of the molecule is CCOc1ccc([C@@H]2C(C(=O)c3ccc(C(C)C)cc3)C(=O)C(=O)N2c2ccc(C)nn2)cn1. The van der Waals surface area contributed by atoms with Gasteiger partial charge >= 0.3 is 0 Å². The Bertz CT molecular complexity index is 1210. The molecule has 34 heavy (non-hydrogen) atoms. The Labute approximate surface area is 198 Å². The quantitative estimate of drug-likeness (QED) is 0.301. The van der Waals surface area contributed by atoms with Gasteiger partial charge in [-0.05, 0) is 49.1 Å². The average Bonchev–Trinajstić information content (AvgIpc) is 3.10. The molecule has 0 bridgehead atoms. The van der Waals surface area contributed by atoms with Gasteiger partial charge < -0.3 is 4.74 Å². The fraction of sp³-hybridized carbons (Fsp3) is 0.308. The molecule has 0 spiro atoms. The minimum absolute atomic E-state index is 0.202. The van der Waals surface area contributed by atoms with Crippen molar-refractivity contribution >= 4 is 23.3 Å². The first-order valence-corrected chi connectivity index (χ1v) is 11.2. The molecule has 1 aliphatic rings. The molecule has 0 saturated carbocycles. The molecule has 2 aromatic heterocycles. The number of nitrogens with zero attached hydrogens (tertiary/aromatic N) is 4. The molecule has 8 heteroatoms. The molecule has 1 amide bonds. The summed E-state index contributed by atoms with van der Waals surface area (Å²) < 4.78 is 5.42. The molecular weight excluding hydrogens is 432 g/mol. The van der Waals surface area contributed by atoms with Gasteiger partial charge in [-0.1, -0.05) is 38.1 Å². The van der Waals surface area contributed by atoms with Crippen LogP contribution in [0.1, 0.15) is 59.9 Å². The highest BCUT2D eigenvalue weighted by Crippen LogP contribution is 2.40. The number of amides is 1. The number of carbonyl (C=O) groups excluding carboxylic acids is 3. The van der Waals surface area contributed by atoms with Gasteiger partial charge in [0, 0.05) is 17.8 Å². The minimum Gasteiger partial charge on any atom is -0.478 e. The van der Waals surface area contributed by atoms with Crippen molar-refractivity contribution in [2.45, 2.75) is 39.7 Å². The Hall–Kier alpha value is -3.94. The van der Waals surface area contributed by atoms with E-state index >= 15 is 0 Å². The maximum absolute atomic E-state index is 13.6. The molecule has 3 aromatic rings. The lowest BCUT2D eigenvalue weighted by molar-refractivity contribution is -0.135. The molecule has 0 N–H and O–H groups in total. The minimum atomic E-state index is -1.24. The number of aromatic nitrogens is 3. The second kappa shape index (κ2) is 9.51. The van der Waals surface area contributed by atoms with Gasteiger partial charge in [-0.2, -0.15) is 5.10 Å². The van der Waals surface area contributed by atoms with Gasteiger partial charge in [-0.25, -0.2) is 4.98 Å². The van der Waals surface area contributed by atoms with Crippen LogP contribution in [0.4, 0.5) is 5.82 Å². The second-order valence-corrected chi connectivity index (χ2v) is 8.50. The Morgan fingerprint density at radius 3 is 2.32 bits per heavy atom. The summed E-state index contributed by atoms with van der Waals surface area (Å²) in [4.78, 5) is 45.5. The molecule has 1 fully saturated rings. The molecule has 0 radical (unpaired) electrons. The normalized spacial score (nSPS) is 18.0. The molecule has 0 aliphatic carbocycles. The van der Waals surface area contributed by atoms with E-state index in [9.17, 15) is 14.4 Å². The number of Topliss-reactive ketones (excluding diaryl/α,β-unsaturated/α-hetero) is 2. The summed E-state index contributed by atoms with van der Waals surface area (Å²) in [5, 5.41) is 8.14. The number of carbonyl (C=O) groups is 3. The summed E-state index contributed by atoms with van der Waals surface area (Å²) in [6.07, 6.45) is 1.53. The second-order valence-electron chi connectivity index (χ2n) is 8.50. The van der Waals surface area contributed by atoms with Crippen molar-refractivity contribution in [3.63, 3.8) is 0 Å².